The summed E-state index contributed by atoms with van der Waals surface area (Å²) in [6.45, 7) is 10.6. The topological polar surface area (TPSA) is 81.8 Å². The van der Waals surface area contributed by atoms with Gasteiger partial charge in [-0.05, 0) is 77.0 Å². The van der Waals surface area contributed by atoms with Crippen LogP contribution in [-0.4, -0.2) is 35.4 Å². The highest BCUT2D eigenvalue weighted by Crippen LogP contribution is 2.38. The largest absolute Gasteiger partial charge is 0.493 e. The van der Waals surface area contributed by atoms with Crippen LogP contribution in [0.25, 0.3) is 28.4 Å². The maximum atomic E-state index is 12.4. The summed E-state index contributed by atoms with van der Waals surface area (Å²) in [7, 11) is 1.78. The molecule has 2 aromatic heterocycles. The third kappa shape index (κ3) is 4.92. The van der Waals surface area contributed by atoms with E-state index in [4.69, 9.17) is 18.9 Å². The van der Waals surface area contributed by atoms with E-state index in [1.807, 2.05) is 52.0 Å². The highest BCUT2D eigenvalue weighted by molar-refractivity contribution is 6.07. The van der Waals surface area contributed by atoms with Crippen molar-refractivity contribution in [1.29, 1.82) is 0 Å². The van der Waals surface area contributed by atoms with E-state index >= 15 is 0 Å². The predicted molar refractivity (Wildman–Crippen MR) is 143 cm³/mol. The Balaban J connectivity index is 1.74. The number of carbonyl (C=O) groups is 1. The van der Waals surface area contributed by atoms with E-state index in [9.17, 15) is 9.90 Å². The fourth-order valence-electron chi connectivity index (χ4n) is 5.19. The molecule has 0 amide bonds. The number of aromatic nitrogens is 1. The zero-order valence-electron chi connectivity index (χ0n) is 22.2. The van der Waals surface area contributed by atoms with Gasteiger partial charge in [0.15, 0.2) is 5.76 Å². The predicted octanol–water partition coefficient (Wildman–Crippen LogP) is 7.38. The summed E-state index contributed by atoms with van der Waals surface area (Å²) in [5.74, 6) is 1.44. The molecule has 0 saturated heterocycles. The van der Waals surface area contributed by atoms with Gasteiger partial charge in [-0.3, -0.25) is 0 Å². The monoisotopic (exact) mass is 491 g/mol. The number of nitrogens with zero attached hydrogens (tertiary/aromatic N) is 1. The number of aromatic carboxylic acids is 1. The SMILES string of the molecule is C/C=C\c1c(CC)oc(-c2cc(C(=O)O)c3c(OCC4CCC(C)(OC)CC4)ccc(C)c3n2)c1C. The van der Waals surface area contributed by atoms with Gasteiger partial charge in [-0.2, -0.15) is 0 Å². The summed E-state index contributed by atoms with van der Waals surface area (Å²) in [6, 6.07) is 5.43. The molecule has 3 aromatic rings. The van der Waals surface area contributed by atoms with E-state index in [1.165, 1.54) is 0 Å². The molecule has 1 N–H and O–H groups in total. The van der Waals surface area contributed by atoms with Crippen LogP contribution in [0, 0.1) is 19.8 Å². The van der Waals surface area contributed by atoms with E-state index in [0.29, 0.717) is 40.6 Å². The number of ether oxygens (including phenoxy) is 2. The number of hydrogen-bond donors (Lipinski definition) is 1. The maximum absolute atomic E-state index is 12.4. The highest BCUT2D eigenvalue weighted by atomic mass is 16.5. The Bertz CT molecular complexity index is 1290. The van der Waals surface area contributed by atoms with Crippen molar-refractivity contribution in [2.75, 3.05) is 13.7 Å². The molecular formula is C30H37NO5. The second-order valence-electron chi connectivity index (χ2n) is 10.1. The average molecular weight is 492 g/mol. The van der Waals surface area contributed by atoms with E-state index in [-0.39, 0.29) is 11.2 Å². The summed E-state index contributed by atoms with van der Waals surface area (Å²) < 4.78 is 18.1. The molecule has 192 valence electrons. The number of furan rings is 1. The number of pyridine rings is 1. The lowest BCUT2D eigenvalue weighted by atomic mass is 9.80. The van der Waals surface area contributed by atoms with E-state index < -0.39 is 5.97 Å². The molecule has 0 atom stereocenters. The van der Waals surface area contributed by atoms with Crippen molar-refractivity contribution in [1.82, 2.24) is 4.98 Å². The van der Waals surface area contributed by atoms with Crippen LogP contribution in [0.1, 0.15) is 79.3 Å². The molecule has 0 bridgehead atoms. The van der Waals surface area contributed by atoms with Crippen molar-refractivity contribution in [3.05, 3.63) is 52.3 Å². The van der Waals surface area contributed by atoms with Crippen LogP contribution in [0.3, 0.4) is 0 Å². The zero-order chi connectivity index (χ0) is 26.0. The highest BCUT2D eigenvalue weighted by Gasteiger charge is 2.31. The van der Waals surface area contributed by atoms with Gasteiger partial charge in [0.2, 0.25) is 0 Å². The number of aryl methyl sites for hydroxylation is 2. The normalized spacial score (nSPS) is 20.3. The van der Waals surface area contributed by atoms with E-state index in [2.05, 4.69) is 6.92 Å². The number of fused-ring (bicyclic) bond motifs is 1. The van der Waals surface area contributed by atoms with Crippen molar-refractivity contribution < 1.29 is 23.8 Å². The van der Waals surface area contributed by atoms with E-state index in [0.717, 1.165) is 54.6 Å². The van der Waals surface area contributed by atoms with Crippen LogP contribution in [0.5, 0.6) is 5.75 Å². The van der Waals surface area contributed by atoms with Gasteiger partial charge in [0.05, 0.1) is 28.7 Å². The van der Waals surface area contributed by atoms with Crippen molar-refractivity contribution in [2.45, 2.75) is 72.3 Å². The number of allylic oxidation sites excluding steroid dienone is 1. The fourth-order valence-corrected chi connectivity index (χ4v) is 5.19. The van der Waals surface area contributed by atoms with Crippen LogP contribution in [-0.2, 0) is 11.2 Å². The first-order valence-electron chi connectivity index (χ1n) is 12.8. The quantitative estimate of drug-likeness (QED) is 0.354. The van der Waals surface area contributed by atoms with Gasteiger partial charge in [-0.15, -0.1) is 0 Å². The molecule has 0 aliphatic heterocycles. The lowest BCUT2D eigenvalue weighted by Gasteiger charge is -2.36. The van der Waals surface area contributed by atoms with Gasteiger partial charge < -0.3 is 19.0 Å². The number of rotatable bonds is 8. The lowest BCUT2D eigenvalue weighted by molar-refractivity contribution is -0.0377. The smallest absolute Gasteiger partial charge is 0.336 e. The number of hydrogen-bond acceptors (Lipinski definition) is 5. The number of carboxylic acids is 1. The van der Waals surface area contributed by atoms with Crippen molar-refractivity contribution in [3.63, 3.8) is 0 Å². The van der Waals surface area contributed by atoms with E-state index in [1.54, 1.807) is 13.2 Å². The van der Waals surface area contributed by atoms with Crippen LogP contribution in [0.2, 0.25) is 0 Å². The summed E-state index contributed by atoms with van der Waals surface area (Å²) in [5, 5.41) is 10.7. The van der Waals surface area contributed by atoms with Crippen molar-refractivity contribution in [2.24, 2.45) is 5.92 Å². The molecule has 6 heteroatoms. The Kier molecular flexibility index (Phi) is 7.55. The summed E-state index contributed by atoms with van der Waals surface area (Å²) in [4.78, 5) is 17.4. The second kappa shape index (κ2) is 10.5. The first-order chi connectivity index (χ1) is 17.2. The Hall–Kier alpha value is -3.12. The first-order valence-corrected chi connectivity index (χ1v) is 12.8. The molecule has 1 saturated carbocycles. The molecule has 4 rings (SSSR count). The molecule has 1 fully saturated rings. The second-order valence-corrected chi connectivity index (χ2v) is 10.1. The van der Waals surface area contributed by atoms with Gasteiger partial charge >= 0.3 is 5.97 Å². The fraction of sp³-hybridized carbons (Fsp3) is 0.467. The average Bonchev–Trinajstić information content (AvgIpc) is 3.19. The van der Waals surface area contributed by atoms with Crippen LogP contribution >= 0.6 is 0 Å². The Morgan fingerprint density at radius 3 is 2.61 bits per heavy atom. The molecule has 0 spiro atoms. The number of methoxy groups -OCH3 is 1. The van der Waals surface area contributed by atoms with Gasteiger partial charge in [0.1, 0.15) is 17.2 Å². The van der Waals surface area contributed by atoms with Gasteiger partial charge in [0, 0.05) is 24.7 Å². The summed E-state index contributed by atoms with van der Waals surface area (Å²) >= 11 is 0. The number of carboxylic acid groups (broad SMARTS) is 1. The first kappa shape index (κ1) is 26.0. The van der Waals surface area contributed by atoms with Crippen molar-refractivity contribution in [3.8, 4) is 17.2 Å². The molecule has 36 heavy (non-hydrogen) atoms. The molecule has 1 aromatic carbocycles. The third-order valence-corrected chi connectivity index (χ3v) is 7.64. The van der Waals surface area contributed by atoms with Crippen LogP contribution in [0.15, 0.2) is 28.7 Å². The Morgan fingerprint density at radius 2 is 2.00 bits per heavy atom. The Labute approximate surface area is 213 Å². The molecule has 0 unspecified atom stereocenters. The van der Waals surface area contributed by atoms with Crippen molar-refractivity contribution >= 4 is 22.9 Å². The lowest BCUT2D eigenvalue weighted by Crippen LogP contribution is -2.34. The zero-order valence-corrected chi connectivity index (χ0v) is 22.2. The number of benzene rings is 1. The summed E-state index contributed by atoms with van der Waals surface area (Å²) in [6.07, 6.45) is 8.78. The minimum Gasteiger partial charge on any atom is -0.493 e. The van der Waals surface area contributed by atoms with Gasteiger partial charge in [-0.25, -0.2) is 9.78 Å². The minimum absolute atomic E-state index is 0.0573. The van der Waals surface area contributed by atoms with Crippen LogP contribution < -0.4 is 4.74 Å². The summed E-state index contributed by atoms with van der Waals surface area (Å²) in [5.41, 5.74) is 4.14. The molecular weight excluding hydrogens is 454 g/mol. The van der Waals surface area contributed by atoms with Crippen LogP contribution in [0.4, 0.5) is 0 Å². The minimum atomic E-state index is -1.01. The molecule has 1 aliphatic carbocycles. The molecule has 6 nitrogen and oxygen atoms in total. The Morgan fingerprint density at radius 1 is 1.28 bits per heavy atom. The maximum Gasteiger partial charge on any atom is 0.336 e. The third-order valence-electron chi connectivity index (χ3n) is 7.64. The van der Waals surface area contributed by atoms with Gasteiger partial charge in [-0.1, -0.05) is 25.1 Å². The molecule has 0 radical (unpaired) electrons. The molecule has 1 aliphatic rings. The van der Waals surface area contributed by atoms with Gasteiger partial charge in [0.25, 0.3) is 0 Å². The standard InChI is InChI=1S/C30H37NO5/c1-7-9-21-19(4)28(36-24(21)8-2)23-16-22(29(32)33)26-25(11-10-18(3)27(26)31-23)35-17-20-12-14-30(5,34-6)15-13-20/h7,9-11,16,20H,8,12-15,17H2,1-6H3,(H,32,33)/b9-7-. The molecule has 2 heterocycles.